The molecule has 4 heteroatoms. The van der Waals surface area contributed by atoms with Crippen molar-refractivity contribution in [1.29, 1.82) is 5.26 Å². The van der Waals surface area contributed by atoms with Gasteiger partial charge in [-0.2, -0.15) is 5.26 Å². The van der Waals surface area contributed by atoms with Crippen LogP contribution < -0.4 is 4.90 Å². The van der Waals surface area contributed by atoms with Crippen LogP contribution in [-0.2, 0) is 0 Å². The van der Waals surface area contributed by atoms with E-state index in [1.165, 1.54) is 12.1 Å². The molecule has 0 aliphatic rings. The van der Waals surface area contributed by atoms with Gasteiger partial charge < -0.3 is 4.90 Å². The van der Waals surface area contributed by atoms with Crippen LogP contribution >= 0.6 is 0 Å². The Labute approximate surface area is 116 Å². The molecule has 100 valence electrons. The normalized spacial score (nSPS) is 9.80. The first-order valence-electron chi connectivity index (χ1n) is 6.21. The first-order valence-corrected chi connectivity index (χ1v) is 6.21. The van der Waals surface area contributed by atoms with Crippen molar-refractivity contribution in [2.75, 3.05) is 11.4 Å². The second kappa shape index (κ2) is 6.48. The van der Waals surface area contributed by atoms with Crippen LogP contribution in [0.5, 0.6) is 0 Å². The number of benzene rings is 2. The molecule has 0 spiro atoms. The molecule has 2 aromatic rings. The second-order valence-corrected chi connectivity index (χ2v) is 4.19. The summed E-state index contributed by atoms with van der Waals surface area (Å²) in [6.07, 6.45) is 0.863. The summed E-state index contributed by atoms with van der Waals surface area (Å²) in [5.74, 6) is -0.476. The molecule has 3 nitrogen and oxygen atoms in total. The molecule has 0 fully saturated rings. The van der Waals surface area contributed by atoms with E-state index in [-0.39, 0.29) is 17.7 Å². The van der Waals surface area contributed by atoms with Crippen molar-refractivity contribution in [2.24, 2.45) is 0 Å². The van der Waals surface area contributed by atoms with E-state index >= 15 is 0 Å². The molecule has 2 aromatic carbocycles. The largest absolute Gasteiger partial charge is 0.337 e. The molecule has 0 bridgehead atoms. The summed E-state index contributed by atoms with van der Waals surface area (Å²) < 4.78 is 14.1. The van der Waals surface area contributed by atoms with Gasteiger partial charge in [-0.1, -0.05) is 24.3 Å². The van der Waals surface area contributed by atoms with Crippen LogP contribution in [-0.4, -0.2) is 12.8 Å². The number of anilines is 2. The number of rotatable bonds is 5. The number of hydrogen-bond donors (Lipinski definition) is 0. The molecule has 0 heterocycles. The lowest BCUT2D eigenvalue weighted by Crippen LogP contribution is -2.20. The van der Waals surface area contributed by atoms with Gasteiger partial charge in [0.05, 0.1) is 18.2 Å². The van der Waals surface area contributed by atoms with Crippen LogP contribution in [0.15, 0.2) is 48.5 Å². The summed E-state index contributed by atoms with van der Waals surface area (Å²) in [7, 11) is 0. The van der Waals surface area contributed by atoms with Crippen molar-refractivity contribution >= 4 is 17.7 Å². The predicted molar refractivity (Wildman–Crippen MR) is 75.5 cm³/mol. The van der Waals surface area contributed by atoms with Crippen LogP contribution in [0.1, 0.15) is 16.8 Å². The summed E-state index contributed by atoms with van der Waals surface area (Å²) in [5, 5.41) is 8.76. The number of halogens is 1. The Morgan fingerprint density at radius 3 is 2.55 bits per heavy atom. The van der Waals surface area contributed by atoms with E-state index in [1.54, 1.807) is 11.0 Å². The second-order valence-electron chi connectivity index (χ2n) is 4.19. The Bertz CT molecular complexity index is 635. The van der Waals surface area contributed by atoms with E-state index in [0.717, 1.165) is 5.69 Å². The Hall–Kier alpha value is -2.67. The van der Waals surface area contributed by atoms with Gasteiger partial charge in [0.2, 0.25) is 0 Å². The van der Waals surface area contributed by atoms with E-state index in [2.05, 4.69) is 0 Å². The summed E-state index contributed by atoms with van der Waals surface area (Å²) >= 11 is 0. The first-order chi connectivity index (χ1) is 9.77. The third kappa shape index (κ3) is 2.83. The van der Waals surface area contributed by atoms with Crippen LogP contribution in [0.25, 0.3) is 0 Å². The molecule has 0 atom stereocenters. The van der Waals surface area contributed by atoms with Gasteiger partial charge in [-0.3, -0.25) is 4.79 Å². The predicted octanol–water partition coefficient (Wildman–Crippen LogP) is 3.69. The van der Waals surface area contributed by atoms with Crippen LogP contribution in [0.4, 0.5) is 15.8 Å². The van der Waals surface area contributed by atoms with E-state index < -0.39 is 5.82 Å². The number of para-hydroxylation sites is 2. The van der Waals surface area contributed by atoms with Crippen molar-refractivity contribution in [3.63, 3.8) is 0 Å². The van der Waals surface area contributed by atoms with E-state index in [9.17, 15) is 9.18 Å². The molecular weight excluding hydrogens is 255 g/mol. The number of nitrogens with zero attached hydrogens (tertiary/aromatic N) is 2. The molecule has 0 aliphatic heterocycles. The van der Waals surface area contributed by atoms with Crippen LogP contribution in [0.2, 0.25) is 0 Å². The summed E-state index contributed by atoms with van der Waals surface area (Å²) in [6, 6.07) is 15.6. The minimum Gasteiger partial charge on any atom is -0.337 e. The maximum Gasteiger partial charge on any atom is 0.152 e. The molecule has 0 saturated heterocycles. The SMILES string of the molecule is N#CCCN(c1ccccc1)c1c(F)cccc1C=O. The highest BCUT2D eigenvalue weighted by Gasteiger charge is 2.17. The van der Waals surface area contributed by atoms with Gasteiger partial charge in [0.25, 0.3) is 0 Å². The number of aldehydes is 1. The van der Waals surface area contributed by atoms with Crippen LogP contribution in [0.3, 0.4) is 0 Å². The Morgan fingerprint density at radius 2 is 1.90 bits per heavy atom. The van der Waals surface area contributed by atoms with Gasteiger partial charge in [-0.05, 0) is 24.3 Å². The van der Waals surface area contributed by atoms with Gasteiger partial charge in [0, 0.05) is 17.8 Å². The Kier molecular flexibility index (Phi) is 4.46. The Morgan fingerprint density at radius 1 is 1.15 bits per heavy atom. The van der Waals surface area contributed by atoms with Gasteiger partial charge in [0.1, 0.15) is 5.82 Å². The maximum atomic E-state index is 14.1. The highest BCUT2D eigenvalue weighted by Crippen LogP contribution is 2.30. The quantitative estimate of drug-likeness (QED) is 0.777. The zero-order chi connectivity index (χ0) is 14.4. The minimum absolute atomic E-state index is 0.212. The number of carbonyl (C=O) groups is 1. The smallest absolute Gasteiger partial charge is 0.152 e. The zero-order valence-electron chi connectivity index (χ0n) is 10.8. The van der Waals surface area contributed by atoms with Crippen molar-refractivity contribution in [3.05, 3.63) is 59.9 Å². The Balaban J connectivity index is 2.52. The first kappa shape index (κ1) is 13.8. The fraction of sp³-hybridized carbons (Fsp3) is 0.125. The lowest BCUT2D eigenvalue weighted by atomic mass is 10.1. The van der Waals surface area contributed by atoms with E-state index in [1.807, 2.05) is 36.4 Å². The van der Waals surface area contributed by atoms with E-state index in [0.29, 0.717) is 12.8 Å². The fourth-order valence-electron chi connectivity index (χ4n) is 2.05. The highest BCUT2D eigenvalue weighted by atomic mass is 19.1. The number of carbonyl (C=O) groups excluding carboxylic acids is 1. The molecule has 0 radical (unpaired) electrons. The molecule has 0 aliphatic carbocycles. The zero-order valence-corrected chi connectivity index (χ0v) is 10.8. The summed E-state index contributed by atoms with van der Waals surface area (Å²) in [4.78, 5) is 12.8. The van der Waals surface area contributed by atoms with Crippen molar-refractivity contribution in [2.45, 2.75) is 6.42 Å². The minimum atomic E-state index is -0.476. The van der Waals surface area contributed by atoms with E-state index in [4.69, 9.17) is 5.26 Å². The summed E-state index contributed by atoms with van der Waals surface area (Å²) in [6.45, 7) is 0.322. The van der Waals surface area contributed by atoms with Crippen molar-refractivity contribution in [1.82, 2.24) is 0 Å². The number of nitriles is 1. The maximum absolute atomic E-state index is 14.1. The molecule has 2 rings (SSSR count). The van der Waals surface area contributed by atoms with Crippen LogP contribution in [0, 0.1) is 17.1 Å². The lowest BCUT2D eigenvalue weighted by molar-refractivity contribution is 0.112. The van der Waals surface area contributed by atoms with Crippen molar-refractivity contribution < 1.29 is 9.18 Å². The molecular formula is C16H13FN2O. The van der Waals surface area contributed by atoms with Gasteiger partial charge in [-0.25, -0.2) is 4.39 Å². The topological polar surface area (TPSA) is 44.1 Å². The highest BCUT2D eigenvalue weighted by molar-refractivity contribution is 5.87. The third-order valence-corrected chi connectivity index (χ3v) is 2.93. The summed E-state index contributed by atoms with van der Waals surface area (Å²) in [5.41, 5.74) is 1.23. The monoisotopic (exact) mass is 268 g/mol. The standard InChI is InChI=1S/C16H13FN2O/c17-15-9-4-6-13(12-20)16(15)19(11-5-10-18)14-7-2-1-3-8-14/h1-4,6-9,12H,5,11H2. The molecule has 0 saturated carbocycles. The lowest BCUT2D eigenvalue weighted by Gasteiger charge is -2.25. The molecule has 0 aromatic heterocycles. The number of hydrogen-bond acceptors (Lipinski definition) is 3. The fourth-order valence-corrected chi connectivity index (χ4v) is 2.05. The molecule has 0 N–H and O–H groups in total. The average Bonchev–Trinajstić information content (AvgIpc) is 2.50. The van der Waals surface area contributed by atoms with Gasteiger partial charge in [-0.15, -0.1) is 0 Å². The van der Waals surface area contributed by atoms with Gasteiger partial charge in [0.15, 0.2) is 6.29 Å². The molecule has 0 amide bonds. The van der Waals surface area contributed by atoms with Gasteiger partial charge >= 0.3 is 0 Å². The van der Waals surface area contributed by atoms with Crippen molar-refractivity contribution in [3.8, 4) is 6.07 Å². The molecule has 20 heavy (non-hydrogen) atoms. The molecule has 0 unspecified atom stereocenters. The average molecular weight is 268 g/mol. The third-order valence-electron chi connectivity index (χ3n) is 2.93.